The highest BCUT2D eigenvalue weighted by Crippen LogP contribution is 2.41. The molecule has 3 fully saturated rings. The van der Waals surface area contributed by atoms with E-state index in [4.69, 9.17) is 4.74 Å². The molecule has 1 saturated carbocycles. The molecular weight excluding hydrogens is 450 g/mol. The Bertz CT molecular complexity index is 979. The molecule has 1 aromatic rings. The van der Waals surface area contributed by atoms with Crippen LogP contribution in [0.5, 0.6) is 0 Å². The summed E-state index contributed by atoms with van der Waals surface area (Å²) in [6.07, 6.45) is 9.35. The average molecular weight is 486 g/mol. The molecule has 1 atom stereocenters. The van der Waals surface area contributed by atoms with Gasteiger partial charge < -0.3 is 15.0 Å². The number of thioether (sulfide) groups is 1. The molecule has 1 aromatic carbocycles. The number of hydrogen-bond donors (Lipinski definition) is 2. The summed E-state index contributed by atoms with van der Waals surface area (Å²) in [4.78, 5) is 39.2. The molecule has 3 aliphatic rings. The van der Waals surface area contributed by atoms with E-state index in [0.717, 1.165) is 55.2 Å². The van der Waals surface area contributed by atoms with E-state index in [9.17, 15) is 14.4 Å². The second-order valence-corrected chi connectivity index (χ2v) is 11.4. The number of hydrogen-bond acceptors (Lipinski definition) is 6. The van der Waals surface area contributed by atoms with Crippen LogP contribution < -0.4 is 15.5 Å². The third kappa shape index (κ3) is 6.14. The molecule has 8 heteroatoms. The van der Waals surface area contributed by atoms with Crippen molar-refractivity contribution >= 4 is 40.8 Å². The number of amides is 3. The van der Waals surface area contributed by atoms with E-state index in [1.165, 1.54) is 24.8 Å². The molecule has 0 bridgehead atoms. The molecule has 184 valence electrons. The number of ether oxygens (including phenoxy) is 1. The van der Waals surface area contributed by atoms with Crippen molar-refractivity contribution in [3.8, 4) is 0 Å². The van der Waals surface area contributed by atoms with Gasteiger partial charge in [-0.05, 0) is 81.3 Å². The van der Waals surface area contributed by atoms with Gasteiger partial charge in [-0.15, -0.1) is 0 Å². The van der Waals surface area contributed by atoms with Crippen molar-refractivity contribution in [2.45, 2.75) is 83.3 Å². The van der Waals surface area contributed by atoms with E-state index in [2.05, 4.69) is 27.7 Å². The Kier molecular flexibility index (Phi) is 7.55. The molecule has 0 spiro atoms. The van der Waals surface area contributed by atoms with Crippen LogP contribution in [-0.4, -0.2) is 42.0 Å². The van der Waals surface area contributed by atoms with E-state index >= 15 is 0 Å². The third-order valence-electron chi connectivity index (χ3n) is 6.53. The lowest BCUT2D eigenvalue weighted by atomic mass is 9.82. The fourth-order valence-electron chi connectivity index (χ4n) is 5.14. The first-order chi connectivity index (χ1) is 16.2. The van der Waals surface area contributed by atoms with Gasteiger partial charge >= 0.3 is 6.09 Å². The molecule has 2 saturated heterocycles. The number of anilines is 1. The van der Waals surface area contributed by atoms with Crippen LogP contribution in [0.25, 0.3) is 6.08 Å². The maximum atomic E-state index is 12.4. The molecule has 1 aliphatic carbocycles. The molecule has 34 heavy (non-hydrogen) atoms. The molecule has 0 aromatic heterocycles. The molecule has 7 nitrogen and oxygen atoms in total. The number of piperidine rings is 1. The first kappa shape index (κ1) is 24.6. The maximum Gasteiger partial charge on any atom is 0.407 e. The number of nitrogens with zero attached hydrogens (tertiary/aromatic N) is 1. The van der Waals surface area contributed by atoms with E-state index in [1.54, 1.807) is 0 Å². The highest BCUT2D eigenvalue weighted by atomic mass is 32.2. The number of alkyl carbamates (subject to hydrolysis) is 1. The summed E-state index contributed by atoms with van der Waals surface area (Å²) in [5.74, 6) is 0.139. The minimum atomic E-state index is -0.539. The standard InChI is InChI=1S/C26H35N3O4S/c1-26(2,3)33-24(31)27-19-12-8-14-29(16-19)22-18(15-21-23(30)28-25(32)34-21)11-7-13-20(22)17-9-5-4-6-10-17/h7,11,13,15,17,19H,4-6,8-10,12,14,16H2,1-3H3,(H,27,31)(H,28,30,32)/t19-/m1/s1. The van der Waals surface area contributed by atoms with Crippen LogP contribution in [0.4, 0.5) is 15.3 Å². The van der Waals surface area contributed by atoms with Gasteiger partial charge in [0.25, 0.3) is 11.1 Å². The molecule has 2 heterocycles. The van der Waals surface area contributed by atoms with Gasteiger partial charge in [0.05, 0.1) is 4.91 Å². The Hall–Kier alpha value is -2.48. The molecule has 0 unspecified atom stereocenters. The topological polar surface area (TPSA) is 87.7 Å². The minimum Gasteiger partial charge on any atom is -0.444 e. The van der Waals surface area contributed by atoms with E-state index in [1.807, 2.05) is 32.9 Å². The monoisotopic (exact) mass is 485 g/mol. The van der Waals surface area contributed by atoms with Gasteiger partial charge in [0.15, 0.2) is 0 Å². The van der Waals surface area contributed by atoms with Crippen LogP contribution in [0, 0.1) is 0 Å². The zero-order valence-corrected chi connectivity index (χ0v) is 21.1. The summed E-state index contributed by atoms with van der Waals surface area (Å²) < 4.78 is 5.48. The van der Waals surface area contributed by atoms with Gasteiger partial charge in [-0.1, -0.05) is 37.5 Å². The molecule has 3 amide bonds. The lowest BCUT2D eigenvalue weighted by Gasteiger charge is -2.38. The number of imide groups is 1. The molecule has 4 rings (SSSR count). The average Bonchev–Trinajstić information content (AvgIpc) is 3.09. The predicted octanol–water partition coefficient (Wildman–Crippen LogP) is 5.55. The first-order valence-corrected chi connectivity index (χ1v) is 13.1. The Labute approximate surface area is 206 Å². The van der Waals surface area contributed by atoms with Crippen molar-refractivity contribution in [1.82, 2.24) is 10.6 Å². The number of para-hydroxylation sites is 1. The summed E-state index contributed by atoms with van der Waals surface area (Å²) in [5.41, 5.74) is 2.85. The number of carbonyl (C=O) groups is 3. The van der Waals surface area contributed by atoms with Crippen LogP contribution in [0.2, 0.25) is 0 Å². The first-order valence-electron chi connectivity index (χ1n) is 12.3. The Morgan fingerprint density at radius 3 is 2.59 bits per heavy atom. The number of rotatable bonds is 4. The zero-order chi connectivity index (χ0) is 24.3. The smallest absolute Gasteiger partial charge is 0.407 e. The normalized spacial score (nSPS) is 23.2. The van der Waals surface area contributed by atoms with Gasteiger partial charge in [-0.3, -0.25) is 14.9 Å². The minimum absolute atomic E-state index is 0.0192. The summed E-state index contributed by atoms with van der Waals surface area (Å²) >= 11 is 0.949. The van der Waals surface area contributed by atoms with Crippen molar-refractivity contribution < 1.29 is 19.1 Å². The number of nitrogens with one attached hydrogen (secondary N) is 2. The lowest BCUT2D eigenvalue weighted by molar-refractivity contribution is -0.115. The summed E-state index contributed by atoms with van der Waals surface area (Å²) in [6, 6.07) is 6.27. The fraction of sp³-hybridized carbons (Fsp3) is 0.577. The van der Waals surface area contributed by atoms with E-state index in [-0.39, 0.29) is 23.3 Å². The molecular formula is C26H35N3O4S. The van der Waals surface area contributed by atoms with Crippen molar-refractivity contribution in [2.24, 2.45) is 0 Å². The maximum absolute atomic E-state index is 12.4. The van der Waals surface area contributed by atoms with Crippen LogP contribution in [0.3, 0.4) is 0 Å². The van der Waals surface area contributed by atoms with Crippen LogP contribution >= 0.6 is 11.8 Å². The molecule has 0 radical (unpaired) electrons. The number of carbonyl (C=O) groups excluding carboxylic acids is 3. The summed E-state index contributed by atoms with van der Waals surface area (Å²) in [6.45, 7) is 7.15. The van der Waals surface area contributed by atoms with Crippen molar-refractivity contribution in [3.63, 3.8) is 0 Å². The Balaban J connectivity index is 1.64. The van der Waals surface area contributed by atoms with Crippen molar-refractivity contribution in [1.29, 1.82) is 0 Å². The Morgan fingerprint density at radius 1 is 1.15 bits per heavy atom. The quantitative estimate of drug-likeness (QED) is 0.544. The van der Waals surface area contributed by atoms with Gasteiger partial charge in [0.1, 0.15) is 5.60 Å². The van der Waals surface area contributed by atoms with Crippen molar-refractivity contribution in [2.75, 3.05) is 18.0 Å². The van der Waals surface area contributed by atoms with Gasteiger partial charge in [0, 0.05) is 24.8 Å². The van der Waals surface area contributed by atoms with Gasteiger partial charge in [0.2, 0.25) is 0 Å². The lowest BCUT2D eigenvalue weighted by Crippen LogP contribution is -2.49. The second-order valence-electron chi connectivity index (χ2n) is 10.4. The highest BCUT2D eigenvalue weighted by molar-refractivity contribution is 8.18. The SMILES string of the molecule is CC(C)(C)OC(=O)N[C@@H]1CCCN(c2c(C=C3SC(=O)NC3=O)cccc2C2CCCCC2)C1. The number of benzene rings is 1. The zero-order valence-electron chi connectivity index (χ0n) is 20.3. The predicted molar refractivity (Wildman–Crippen MR) is 136 cm³/mol. The molecule has 2 aliphatic heterocycles. The summed E-state index contributed by atoms with van der Waals surface area (Å²) in [7, 11) is 0. The van der Waals surface area contributed by atoms with Gasteiger partial charge in [-0.2, -0.15) is 0 Å². The van der Waals surface area contributed by atoms with Crippen LogP contribution in [0.1, 0.15) is 82.8 Å². The van der Waals surface area contributed by atoms with E-state index in [0.29, 0.717) is 17.4 Å². The third-order valence-corrected chi connectivity index (χ3v) is 7.34. The highest BCUT2D eigenvalue weighted by Gasteiger charge is 2.30. The largest absolute Gasteiger partial charge is 0.444 e. The van der Waals surface area contributed by atoms with Crippen LogP contribution in [-0.2, 0) is 9.53 Å². The Morgan fingerprint density at radius 2 is 1.91 bits per heavy atom. The molecule has 2 N–H and O–H groups in total. The summed E-state index contributed by atoms with van der Waals surface area (Å²) in [5, 5.41) is 5.07. The fourth-order valence-corrected chi connectivity index (χ4v) is 5.81. The van der Waals surface area contributed by atoms with Crippen LogP contribution in [0.15, 0.2) is 23.1 Å². The van der Waals surface area contributed by atoms with E-state index < -0.39 is 5.60 Å². The van der Waals surface area contributed by atoms with Crippen molar-refractivity contribution in [3.05, 3.63) is 34.2 Å². The van der Waals surface area contributed by atoms with Gasteiger partial charge in [-0.25, -0.2) is 4.79 Å². The second kappa shape index (κ2) is 10.4.